The molecule has 0 fully saturated rings. The molecule has 2 heterocycles. The second-order valence-corrected chi connectivity index (χ2v) is 5.77. The molecule has 0 aliphatic heterocycles. The monoisotopic (exact) mass is 348 g/mol. The van der Waals surface area contributed by atoms with Crippen LogP contribution in [0.2, 0.25) is 0 Å². The molecule has 0 amide bonds. The van der Waals surface area contributed by atoms with Crippen molar-refractivity contribution < 1.29 is 9.53 Å². The van der Waals surface area contributed by atoms with E-state index < -0.39 is 5.92 Å². The molecular formula is C20H20N4O2. The van der Waals surface area contributed by atoms with Crippen molar-refractivity contribution in [1.29, 1.82) is 0 Å². The third-order valence-electron chi connectivity index (χ3n) is 3.94. The number of rotatable bonds is 6. The van der Waals surface area contributed by atoms with Crippen molar-refractivity contribution in [2.45, 2.75) is 12.8 Å². The molecule has 6 heteroatoms. The molecule has 0 bridgehead atoms. The first-order valence-electron chi connectivity index (χ1n) is 8.31. The molecule has 1 atom stereocenters. The van der Waals surface area contributed by atoms with Gasteiger partial charge in [0.1, 0.15) is 11.6 Å². The first-order valence-corrected chi connectivity index (χ1v) is 8.31. The maximum absolute atomic E-state index is 12.2. The van der Waals surface area contributed by atoms with Crippen molar-refractivity contribution in [2.75, 3.05) is 19.0 Å². The summed E-state index contributed by atoms with van der Waals surface area (Å²) in [6, 6.07) is 17.0. The van der Waals surface area contributed by atoms with Gasteiger partial charge >= 0.3 is 5.97 Å². The number of methoxy groups -OCH3 is 1. The Morgan fingerprint density at radius 2 is 1.85 bits per heavy atom. The topological polar surface area (TPSA) is 77.0 Å². The molecule has 26 heavy (non-hydrogen) atoms. The molecule has 6 nitrogen and oxygen atoms in total. The first-order chi connectivity index (χ1) is 12.7. The normalized spacial score (nSPS) is 11.6. The number of nitrogens with zero attached hydrogens (tertiary/aromatic N) is 3. The summed E-state index contributed by atoms with van der Waals surface area (Å²) < 4.78 is 4.95. The highest BCUT2D eigenvalue weighted by molar-refractivity contribution is 5.78. The van der Waals surface area contributed by atoms with Gasteiger partial charge in [0.25, 0.3) is 0 Å². The van der Waals surface area contributed by atoms with Crippen LogP contribution in [0.3, 0.4) is 0 Å². The summed E-state index contributed by atoms with van der Waals surface area (Å²) >= 11 is 0. The second kappa shape index (κ2) is 8.20. The molecule has 3 rings (SSSR count). The van der Waals surface area contributed by atoms with Crippen molar-refractivity contribution in [1.82, 2.24) is 15.0 Å². The van der Waals surface area contributed by atoms with Gasteiger partial charge in [-0.15, -0.1) is 0 Å². The van der Waals surface area contributed by atoms with Crippen molar-refractivity contribution >= 4 is 11.8 Å². The lowest BCUT2D eigenvalue weighted by atomic mass is 9.99. The molecular weight excluding hydrogens is 328 g/mol. The number of carbonyl (C=O) groups excluding carboxylic acids is 1. The summed E-state index contributed by atoms with van der Waals surface area (Å²) in [7, 11) is 1.40. The van der Waals surface area contributed by atoms with E-state index >= 15 is 0 Å². The maximum atomic E-state index is 12.2. The Bertz CT molecular complexity index is 869. The summed E-state index contributed by atoms with van der Waals surface area (Å²) in [5.41, 5.74) is 2.39. The Morgan fingerprint density at radius 3 is 2.54 bits per heavy atom. The molecule has 0 spiro atoms. The fourth-order valence-electron chi connectivity index (χ4n) is 2.68. The van der Waals surface area contributed by atoms with Crippen LogP contribution in [0.4, 0.5) is 5.82 Å². The van der Waals surface area contributed by atoms with Crippen LogP contribution in [0.5, 0.6) is 0 Å². The minimum absolute atomic E-state index is 0.292. The Labute approximate surface area is 152 Å². The number of aromatic nitrogens is 3. The van der Waals surface area contributed by atoms with Crippen LogP contribution in [0.15, 0.2) is 60.8 Å². The van der Waals surface area contributed by atoms with Gasteiger partial charge in [0.05, 0.1) is 24.4 Å². The molecule has 1 aromatic carbocycles. The minimum Gasteiger partial charge on any atom is -0.468 e. The van der Waals surface area contributed by atoms with Crippen LogP contribution in [-0.2, 0) is 9.53 Å². The van der Waals surface area contributed by atoms with Crippen LogP contribution in [0.25, 0.3) is 11.4 Å². The van der Waals surface area contributed by atoms with Crippen LogP contribution < -0.4 is 5.32 Å². The predicted octanol–water partition coefficient (Wildman–Crippen LogP) is 3.22. The van der Waals surface area contributed by atoms with E-state index in [1.165, 1.54) is 7.11 Å². The number of ether oxygens (including phenoxy) is 1. The number of esters is 1. The number of nitrogens with one attached hydrogen (secondary N) is 1. The molecule has 1 N–H and O–H groups in total. The van der Waals surface area contributed by atoms with Crippen LogP contribution in [0, 0.1) is 6.92 Å². The van der Waals surface area contributed by atoms with E-state index in [4.69, 9.17) is 4.74 Å². The standard InChI is InChI=1S/C20H20N4O2/c1-14-23-18(17-10-6-7-11-21-17)12-19(24-14)22-13-16(20(25)26-2)15-8-4-3-5-9-15/h3-12,16H,13H2,1-2H3,(H,22,23,24). The molecule has 2 aromatic heterocycles. The van der Waals surface area contributed by atoms with Gasteiger partial charge in [-0.05, 0) is 24.6 Å². The Kier molecular flexibility index (Phi) is 5.53. The number of benzene rings is 1. The van der Waals surface area contributed by atoms with Gasteiger partial charge in [0.2, 0.25) is 0 Å². The van der Waals surface area contributed by atoms with Gasteiger partial charge in [-0.2, -0.15) is 0 Å². The van der Waals surface area contributed by atoms with E-state index in [2.05, 4.69) is 20.3 Å². The summed E-state index contributed by atoms with van der Waals surface area (Å²) in [6.45, 7) is 2.20. The van der Waals surface area contributed by atoms with Crippen molar-refractivity contribution in [3.05, 3.63) is 72.2 Å². The fraction of sp³-hybridized carbons (Fsp3) is 0.200. The quantitative estimate of drug-likeness (QED) is 0.689. The molecule has 0 saturated carbocycles. The second-order valence-electron chi connectivity index (χ2n) is 5.77. The maximum Gasteiger partial charge on any atom is 0.314 e. The van der Waals surface area contributed by atoms with Crippen LogP contribution in [-0.4, -0.2) is 34.6 Å². The zero-order chi connectivity index (χ0) is 18.4. The highest BCUT2D eigenvalue weighted by atomic mass is 16.5. The van der Waals surface area contributed by atoms with Crippen molar-refractivity contribution in [2.24, 2.45) is 0 Å². The van der Waals surface area contributed by atoms with E-state index in [9.17, 15) is 4.79 Å². The lowest BCUT2D eigenvalue weighted by molar-refractivity contribution is -0.142. The third-order valence-corrected chi connectivity index (χ3v) is 3.94. The van der Waals surface area contributed by atoms with Gasteiger partial charge in [-0.25, -0.2) is 9.97 Å². The Balaban J connectivity index is 1.81. The number of aryl methyl sites for hydroxylation is 1. The lowest BCUT2D eigenvalue weighted by Crippen LogP contribution is -2.23. The minimum atomic E-state index is -0.422. The summed E-state index contributed by atoms with van der Waals surface area (Å²) in [5.74, 6) is 0.558. The molecule has 3 aromatic rings. The predicted molar refractivity (Wildman–Crippen MR) is 99.7 cm³/mol. The van der Waals surface area contributed by atoms with Gasteiger partial charge in [0.15, 0.2) is 0 Å². The molecule has 0 aliphatic carbocycles. The van der Waals surface area contributed by atoms with E-state index in [1.54, 1.807) is 6.20 Å². The smallest absolute Gasteiger partial charge is 0.314 e. The number of pyridine rings is 1. The Hall–Kier alpha value is -3.28. The highest BCUT2D eigenvalue weighted by Gasteiger charge is 2.21. The summed E-state index contributed by atoms with van der Waals surface area (Å²) in [5, 5.41) is 3.23. The average Bonchev–Trinajstić information content (AvgIpc) is 2.69. The van der Waals surface area contributed by atoms with Crippen molar-refractivity contribution in [3.8, 4) is 11.4 Å². The van der Waals surface area contributed by atoms with E-state index in [0.29, 0.717) is 18.2 Å². The largest absolute Gasteiger partial charge is 0.468 e. The number of anilines is 1. The zero-order valence-electron chi connectivity index (χ0n) is 14.7. The molecule has 0 saturated heterocycles. The molecule has 132 valence electrons. The van der Waals surface area contributed by atoms with Crippen LogP contribution >= 0.6 is 0 Å². The van der Waals surface area contributed by atoms with Crippen molar-refractivity contribution in [3.63, 3.8) is 0 Å². The zero-order valence-corrected chi connectivity index (χ0v) is 14.7. The van der Waals surface area contributed by atoms with Gasteiger partial charge < -0.3 is 10.1 Å². The van der Waals surface area contributed by atoms with Gasteiger partial charge in [0, 0.05) is 18.8 Å². The SMILES string of the molecule is COC(=O)C(CNc1cc(-c2ccccn2)nc(C)n1)c1ccccc1. The first kappa shape index (κ1) is 17.5. The van der Waals surface area contributed by atoms with Gasteiger partial charge in [-0.1, -0.05) is 36.4 Å². The number of hydrogen-bond donors (Lipinski definition) is 1. The Morgan fingerprint density at radius 1 is 1.08 bits per heavy atom. The third kappa shape index (κ3) is 4.22. The summed E-state index contributed by atoms with van der Waals surface area (Å²) in [4.78, 5) is 25.4. The van der Waals surface area contributed by atoms with E-state index in [0.717, 1.165) is 17.0 Å². The molecule has 0 aliphatic rings. The number of carbonyl (C=O) groups is 1. The highest BCUT2D eigenvalue weighted by Crippen LogP contribution is 2.20. The lowest BCUT2D eigenvalue weighted by Gasteiger charge is -2.16. The van der Waals surface area contributed by atoms with Crippen LogP contribution in [0.1, 0.15) is 17.3 Å². The summed E-state index contributed by atoms with van der Waals surface area (Å²) in [6.07, 6.45) is 1.72. The fourth-order valence-corrected chi connectivity index (χ4v) is 2.68. The average molecular weight is 348 g/mol. The molecule has 1 unspecified atom stereocenters. The molecule has 0 radical (unpaired) electrons. The van der Waals surface area contributed by atoms with E-state index in [1.807, 2.05) is 61.5 Å². The van der Waals surface area contributed by atoms with E-state index in [-0.39, 0.29) is 5.97 Å². The number of hydrogen-bond acceptors (Lipinski definition) is 6. The van der Waals surface area contributed by atoms with Gasteiger partial charge in [-0.3, -0.25) is 9.78 Å².